The topological polar surface area (TPSA) is 42.7 Å². The Bertz CT molecular complexity index is 830. The van der Waals surface area contributed by atoms with Gasteiger partial charge in [0.2, 0.25) is 0 Å². The smallest absolute Gasteiger partial charge is 0.117 e. The van der Waals surface area contributed by atoms with E-state index >= 15 is 0 Å². The molecule has 4 nitrogen and oxygen atoms in total. The van der Waals surface area contributed by atoms with Gasteiger partial charge in [-0.3, -0.25) is 0 Å². The number of rotatable bonds is 6. The quantitative estimate of drug-likeness (QED) is 0.722. The lowest BCUT2D eigenvalue weighted by Gasteiger charge is -2.10. The zero-order valence-corrected chi connectivity index (χ0v) is 15.4. The van der Waals surface area contributed by atoms with Gasteiger partial charge < -0.3 is 5.32 Å². The molecule has 4 heteroatoms. The summed E-state index contributed by atoms with van der Waals surface area (Å²) in [6.07, 6.45) is 5.23. The van der Waals surface area contributed by atoms with Crippen molar-refractivity contribution in [2.24, 2.45) is 0 Å². The van der Waals surface area contributed by atoms with Gasteiger partial charge in [-0.05, 0) is 25.3 Å². The fourth-order valence-corrected chi connectivity index (χ4v) is 3.62. The van der Waals surface area contributed by atoms with Crippen LogP contribution in [-0.2, 0) is 13.1 Å². The molecule has 0 bridgehead atoms. The van der Waals surface area contributed by atoms with Crippen LogP contribution in [-0.4, -0.2) is 21.0 Å². The van der Waals surface area contributed by atoms with Crippen LogP contribution < -0.4 is 5.32 Å². The van der Waals surface area contributed by atoms with Crippen LogP contribution in [0.25, 0.3) is 11.3 Å². The first kappa shape index (κ1) is 17.0. The zero-order chi connectivity index (χ0) is 17.8. The second-order valence-electron chi connectivity index (χ2n) is 7.24. The van der Waals surface area contributed by atoms with Crippen LogP contribution in [0, 0.1) is 6.92 Å². The summed E-state index contributed by atoms with van der Waals surface area (Å²) in [5, 5.41) is 13.3. The van der Waals surface area contributed by atoms with E-state index in [9.17, 15) is 0 Å². The van der Waals surface area contributed by atoms with Gasteiger partial charge in [-0.2, -0.15) is 15.0 Å². The van der Waals surface area contributed by atoms with Crippen LogP contribution in [0.15, 0.2) is 54.6 Å². The van der Waals surface area contributed by atoms with Gasteiger partial charge in [-0.1, -0.05) is 73.0 Å². The molecule has 2 aromatic carbocycles. The molecule has 0 aliphatic heterocycles. The fourth-order valence-electron chi connectivity index (χ4n) is 3.62. The van der Waals surface area contributed by atoms with Crippen LogP contribution in [0.2, 0.25) is 0 Å². The van der Waals surface area contributed by atoms with E-state index in [1.165, 1.54) is 36.8 Å². The summed E-state index contributed by atoms with van der Waals surface area (Å²) in [6.45, 7) is 3.59. The summed E-state index contributed by atoms with van der Waals surface area (Å²) in [5.41, 5.74) is 5.65. The molecule has 1 fully saturated rings. The van der Waals surface area contributed by atoms with Gasteiger partial charge in [0, 0.05) is 18.2 Å². The van der Waals surface area contributed by atoms with Crippen molar-refractivity contribution in [1.29, 1.82) is 0 Å². The third kappa shape index (κ3) is 4.02. The maximum absolute atomic E-state index is 4.81. The van der Waals surface area contributed by atoms with E-state index in [0.29, 0.717) is 12.6 Å². The summed E-state index contributed by atoms with van der Waals surface area (Å²) in [4.78, 5) is 1.83. The lowest BCUT2D eigenvalue weighted by atomic mass is 10.1. The van der Waals surface area contributed by atoms with Crippen molar-refractivity contribution in [3.63, 3.8) is 0 Å². The Hall–Kier alpha value is -2.46. The average molecular weight is 346 g/mol. The molecule has 134 valence electrons. The van der Waals surface area contributed by atoms with E-state index < -0.39 is 0 Å². The van der Waals surface area contributed by atoms with E-state index in [2.05, 4.69) is 60.8 Å². The number of hydrogen-bond acceptors (Lipinski definition) is 3. The lowest BCUT2D eigenvalue weighted by Crippen LogP contribution is -2.25. The molecule has 1 N–H and O–H groups in total. The molecule has 3 aromatic rings. The minimum absolute atomic E-state index is 0.626. The number of nitrogens with one attached hydrogen (secondary N) is 1. The fraction of sp³-hybridized carbons (Fsp3) is 0.364. The highest BCUT2D eigenvalue weighted by molar-refractivity contribution is 5.60. The first-order valence-electron chi connectivity index (χ1n) is 9.56. The highest BCUT2D eigenvalue weighted by Gasteiger charge is 2.18. The molecular formula is C22H26N4. The Morgan fingerprint density at radius 3 is 2.42 bits per heavy atom. The van der Waals surface area contributed by atoms with Crippen LogP contribution >= 0.6 is 0 Å². The summed E-state index contributed by atoms with van der Waals surface area (Å²) >= 11 is 0. The number of nitrogens with zero attached hydrogens (tertiary/aromatic N) is 3. The molecule has 1 heterocycles. The molecule has 1 aliphatic carbocycles. The van der Waals surface area contributed by atoms with Crippen molar-refractivity contribution in [1.82, 2.24) is 20.3 Å². The maximum Gasteiger partial charge on any atom is 0.117 e. The van der Waals surface area contributed by atoms with Gasteiger partial charge >= 0.3 is 0 Å². The van der Waals surface area contributed by atoms with Crippen LogP contribution in [0.5, 0.6) is 0 Å². The standard InChI is InChI=1S/C22H26N4/c1-17-11-13-18(14-12-17)16-26-24-21(15-23-20-9-5-6-10-20)22(25-26)19-7-3-2-4-8-19/h2-4,7-8,11-14,20,23H,5-6,9-10,15-16H2,1H3. The Balaban J connectivity index is 1.57. The van der Waals surface area contributed by atoms with E-state index in [0.717, 1.165) is 23.5 Å². The summed E-state index contributed by atoms with van der Waals surface area (Å²) in [5.74, 6) is 0. The third-order valence-corrected chi connectivity index (χ3v) is 5.13. The van der Waals surface area contributed by atoms with Crippen molar-refractivity contribution in [2.75, 3.05) is 0 Å². The SMILES string of the molecule is Cc1ccc(Cn2nc(CNC3CCCC3)c(-c3ccccc3)n2)cc1. The Kier molecular flexibility index (Phi) is 5.12. The maximum atomic E-state index is 4.81. The number of hydrogen-bond donors (Lipinski definition) is 1. The summed E-state index contributed by atoms with van der Waals surface area (Å²) in [6, 6.07) is 19.6. The molecular weight excluding hydrogens is 320 g/mol. The van der Waals surface area contributed by atoms with Crippen LogP contribution in [0.3, 0.4) is 0 Å². The predicted molar refractivity (Wildman–Crippen MR) is 105 cm³/mol. The molecule has 0 amide bonds. The van der Waals surface area contributed by atoms with Crippen molar-refractivity contribution in [2.45, 2.75) is 51.7 Å². The Labute approximate surface area is 155 Å². The molecule has 1 saturated carbocycles. The van der Waals surface area contributed by atoms with Gasteiger partial charge in [-0.15, -0.1) is 0 Å². The van der Waals surface area contributed by atoms with Gasteiger partial charge in [0.25, 0.3) is 0 Å². The molecule has 1 aliphatic rings. The second-order valence-corrected chi connectivity index (χ2v) is 7.24. The lowest BCUT2D eigenvalue weighted by molar-refractivity contribution is 0.511. The molecule has 0 spiro atoms. The minimum atomic E-state index is 0.626. The molecule has 0 unspecified atom stereocenters. The third-order valence-electron chi connectivity index (χ3n) is 5.13. The normalized spacial score (nSPS) is 14.8. The average Bonchev–Trinajstić information content (AvgIpc) is 3.32. The van der Waals surface area contributed by atoms with Gasteiger partial charge in [0.15, 0.2) is 0 Å². The summed E-state index contributed by atoms with van der Waals surface area (Å²) in [7, 11) is 0. The van der Waals surface area contributed by atoms with E-state index in [-0.39, 0.29) is 0 Å². The Morgan fingerprint density at radius 2 is 1.69 bits per heavy atom. The number of aromatic nitrogens is 3. The molecule has 4 rings (SSSR count). The number of benzene rings is 2. The molecule has 26 heavy (non-hydrogen) atoms. The molecule has 0 radical (unpaired) electrons. The van der Waals surface area contributed by atoms with E-state index in [4.69, 9.17) is 10.2 Å². The van der Waals surface area contributed by atoms with E-state index in [1.807, 2.05) is 10.9 Å². The van der Waals surface area contributed by atoms with Gasteiger partial charge in [-0.25, -0.2) is 0 Å². The van der Waals surface area contributed by atoms with Gasteiger partial charge in [0.1, 0.15) is 11.4 Å². The van der Waals surface area contributed by atoms with Crippen LogP contribution in [0.1, 0.15) is 42.5 Å². The van der Waals surface area contributed by atoms with Crippen molar-refractivity contribution >= 4 is 0 Å². The van der Waals surface area contributed by atoms with E-state index in [1.54, 1.807) is 0 Å². The molecule has 0 saturated heterocycles. The highest BCUT2D eigenvalue weighted by Crippen LogP contribution is 2.22. The molecule has 1 aromatic heterocycles. The van der Waals surface area contributed by atoms with Crippen LogP contribution in [0.4, 0.5) is 0 Å². The monoisotopic (exact) mass is 346 g/mol. The predicted octanol–water partition coefficient (Wildman–Crippen LogP) is 4.33. The molecule has 0 atom stereocenters. The zero-order valence-electron chi connectivity index (χ0n) is 15.4. The van der Waals surface area contributed by atoms with Crippen molar-refractivity contribution < 1.29 is 0 Å². The Morgan fingerprint density at radius 1 is 0.962 bits per heavy atom. The number of aryl methyl sites for hydroxylation is 1. The minimum Gasteiger partial charge on any atom is -0.308 e. The highest BCUT2D eigenvalue weighted by atomic mass is 15.5. The summed E-state index contributed by atoms with van der Waals surface area (Å²) < 4.78 is 0. The van der Waals surface area contributed by atoms with Crippen molar-refractivity contribution in [3.8, 4) is 11.3 Å². The first-order chi connectivity index (χ1) is 12.8. The largest absolute Gasteiger partial charge is 0.308 e. The first-order valence-corrected chi connectivity index (χ1v) is 9.56. The van der Waals surface area contributed by atoms with Crippen molar-refractivity contribution in [3.05, 3.63) is 71.4 Å². The second kappa shape index (κ2) is 7.83. The van der Waals surface area contributed by atoms with Gasteiger partial charge in [0.05, 0.1) is 6.54 Å².